The summed E-state index contributed by atoms with van der Waals surface area (Å²) >= 11 is 0. The van der Waals surface area contributed by atoms with Gasteiger partial charge in [-0.3, -0.25) is 0 Å². The Bertz CT molecular complexity index is 438. The molecular weight excluding hydrogens is 292 g/mol. The molecule has 0 aromatic heterocycles. The zero-order valence-corrected chi connectivity index (χ0v) is 14.4. The van der Waals surface area contributed by atoms with E-state index in [4.69, 9.17) is 9.47 Å². The number of para-hydroxylation sites is 1. The monoisotopic (exact) mass is 322 g/mol. The third kappa shape index (κ3) is 9.79. The SMILES string of the molecule is CCCCOCCCNC(=O)NCCCOc1ccccc1C. The molecule has 0 unspecified atom stereocenters. The highest BCUT2D eigenvalue weighted by molar-refractivity contribution is 5.73. The van der Waals surface area contributed by atoms with E-state index in [-0.39, 0.29) is 6.03 Å². The van der Waals surface area contributed by atoms with Crippen LogP contribution < -0.4 is 15.4 Å². The summed E-state index contributed by atoms with van der Waals surface area (Å²) in [7, 11) is 0. The average Bonchev–Trinajstić information content (AvgIpc) is 2.55. The van der Waals surface area contributed by atoms with Crippen LogP contribution in [0.5, 0.6) is 5.75 Å². The summed E-state index contributed by atoms with van der Waals surface area (Å²) in [6.45, 7) is 7.50. The third-order valence-corrected chi connectivity index (χ3v) is 3.35. The number of aryl methyl sites for hydroxylation is 1. The van der Waals surface area contributed by atoms with Crippen molar-refractivity contribution in [2.24, 2.45) is 0 Å². The number of urea groups is 1. The molecule has 130 valence electrons. The first-order valence-electron chi connectivity index (χ1n) is 8.52. The van der Waals surface area contributed by atoms with E-state index in [1.54, 1.807) is 0 Å². The molecule has 0 saturated carbocycles. The average molecular weight is 322 g/mol. The first-order valence-corrected chi connectivity index (χ1v) is 8.52. The Labute approximate surface area is 139 Å². The first kappa shape index (κ1) is 19.3. The van der Waals surface area contributed by atoms with Gasteiger partial charge in [0, 0.05) is 26.3 Å². The van der Waals surface area contributed by atoms with Gasteiger partial charge in [-0.05, 0) is 37.8 Å². The minimum atomic E-state index is -0.130. The molecule has 2 N–H and O–H groups in total. The van der Waals surface area contributed by atoms with E-state index in [0.29, 0.717) is 26.3 Å². The molecule has 0 fully saturated rings. The molecule has 0 heterocycles. The van der Waals surface area contributed by atoms with Crippen molar-refractivity contribution in [1.82, 2.24) is 10.6 Å². The normalized spacial score (nSPS) is 10.3. The molecular formula is C18H30N2O3. The Kier molecular flexibility index (Phi) is 10.7. The number of benzene rings is 1. The highest BCUT2D eigenvalue weighted by Gasteiger charge is 2.00. The van der Waals surface area contributed by atoms with Gasteiger partial charge in [0.2, 0.25) is 0 Å². The summed E-state index contributed by atoms with van der Waals surface area (Å²) in [5.74, 6) is 0.903. The second-order valence-corrected chi connectivity index (χ2v) is 5.47. The Balaban J connectivity index is 1.93. The Morgan fingerprint density at radius 2 is 1.65 bits per heavy atom. The Morgan fingerprint density at radius 3 is 2.35 bits per heavy atom. The third-order valence-electron chi connectivity index (χ3n) is 3.35. The summed E-state index contributed by atoms with van der Waals surface area (Å²) in [6.07, 6.45) is 3.86. The summed E-state index contributed by atoms with van der Waals surface area (Å²) in [5.41, 5.74) is 1.12. The molecule has 1 rings (SSSR count). The molecule has 0 atom stereocenters. The Morgan fingerprint density at radius 1 is 1.00 bits per heavy atom. The molecule has 1 aromatic rings. The standard InChI is InChI=1S/C18H30N2O3/c1-3-4-13-22-14-7-11-19-18(21)20-12-8-15-23-17-10-6-5-9-16(17)2/h5-6,9-10H,3-4,7-8,11-15H2,1-2H3,(H2,19,20,21). The smallest absolute Gasteiger partial charge is 0.314 e. The number of ether oxygens (including phenoxy) is 2. The number of carbonyl (C=O) groups is 1. The predicted molar refractivity (Wildman–Crippen MR) is 93.0 cm³/mol. The van der Waals surface area contributed by atoms with Crippen molar-refractivity contribution in [1.29, 1.82) is 0 Å². The summed E-state index contributed by atoms with van der Waals surface area (Å²) in [4.78, 5) is 11.6. The van der Waals surface area contributed by atoms with E-state index in [0.717, 1.165) is 43.6 Å². The maximum absolute atomic E-state index is 11.6. The molecule has 0 spiro atoms. The van der Waals surface area contributed by atoms with Crippen LogP contribution in [0, 0.1) is 6.92 Å². The number of hydrogen-bond acceptors (Lipinski definition) is 3. The molecule has 0 aliphatic carbocycles. The Hall–Kier alpha value is -1.75. The van der Waals surface area contributed by atoms with E-state index in [2.05, 4.69) is 17.6 Å². The lowest BCUT2D eigenvalue weighted by Crippen LogP contribution is -2.37. The van der Waals surface area contributed by atoms with Crippen molar-refractivity contribution < 1.29 is 14.3 Å². The van der Waals surface area contributed by atoms with E-state index < -0.39 is 0 Å². The summed E-state index contributed by atoms with van der Waals surface area (Å²) in [5, 5.41) is 5.64. The van der Waals surface area contributed by atoms with Crippen LogP contribution >= 0.6 is 0 Å². The molecule has 0 bridgehead atoms. The maximum Gasteiger partial charge on any atom is 0.314 e. The molecule has 0 aliphatic rings. The number of carbonyl (C=O) groups excluding carboxylic acids is 1. The van der Waals surface area contributed by atoms with Gasteiger partial charge in [0.15, 0.2) is 0 Å². The van der Waals surface area contributed by atoms with E-state index in [1.165, 1.54) is 0 Å². The van der Waals surface area contributed by atoms with Crippen LogP contribution in [0.15, 0.2) is 24.3 Å². The zero-order valence-electron chi connectivity index (χ0n) is 14.4. The van der Waals surface area contributed by atoms with Crippen LogP contribution in [-0.2, 0) is 4.74 Å². The van der Waals surface area contributed by atoms with Crippen LogP contribution in [-0.4, -0.2) is 38.9 Å². The van der Waals surface area contributed by atoms with Crippen LogP contribution in [0.3, 0.4) is 0 Å². The second kappa shape index (κ2) is 12.8. The number of hydrogen-bond donors (Lipinski definition) is 2. The first-order chi connectivity index (χ1) is 11.2. The van der Waals surface area contributed by atoms with E-state index in [9.17, 15) is 4.79 Å². The molecule has 1 aromatic carbocycles. The van der Waals surface area contributed by atoms with Gasteiger partial charge in [-0.25, -0.2) is 4.79 Å². The molecule has 23 heavy (non-hydrogen) atoms. The van der Waals surface area contributed by atoms with Gasteiger partial charge in [-0.1, -0.05) is 31.5 Å². The fourth-order valence-corrected chi connectivity index (χ4v) is 1.96. The van der Waals surface area contributed by atoms with Crippen molar-refractivity contribution in [2.45, 2.75) is 39.5 Å². The summed E-state index contributed by atoms with van der Waals surface area (Å²) < 4.78 is 11.1. The van der Waals surface area contributed by atoms with Gasteiger partial charge in [0.05, 0.1) is 6.61 Å². The minimum Gasteiger partial charge on any atom is -0.493 e. The number of rotatable bonds is 12. The van der Waals surface area contributed by atoms with Gasteiger partial charge in [-0.15, -0.1) is 0 Å². The highest BCUT2D eigenvalue weighted by Crippen LogP contribution is 2.15. The largest absolute Gasteiger partial charge is 0.493 e. The van der Waals surface area contributed by atoms with Crippen molar-refractivity contribution in [3.63, 3.8) is 0 Å². The fourth-order valence-electron chi connectivity index (χ4n) is 1.96. The molecule has 2 amide bonds. The van der Waals surface area contributed by atoms with Gasteiger partial charge in [-0.2, -0.15) is 0 Å². The molecule has 0 saturated heterocycles. The van der Waals surface area contributed by atoms with Crippen LogP contribution in [0.25, 0.3) is 0 Å². The minimum absolute atomic E-state index is 0.130. The zero-order chi connectivity index (χ0) is 16.8. The van der Waals surface area contributed by atoms with Gasteiger partial charge in [0.1, 0.15) is 5.75 Å². The lowest BCUT2D eigenvalue weighted by atomic mass is 10.2. The van der Waals surface area contributed by atoms with Crippen molar-refractivity contribution in [3.8, 4) is 5.75 Å². The van der Waals surface area contributed by atoms with Gasteiger partial charge >= 0.3 is 6.03 Å². The van der Waals surface area contributed by atoms with Crippen molar-refractivity contribution in [2.75, 3.05) is 32.9 Å². The molecule has 5 nitrogen and oxygen atoms in total. The van der Waals surface area contributed by atoms with Crippen molar-refractivity contribution >= 4 is 6.03 Å². The molecule has 5 heteroatoms. The molecule has 0 radical (unpaired) electrons. The maximum atomic E-state index is 11.6. The second-order valence-electron chi connectivity index (χ2n) is 5.47. The van der Waals surface area contributed by atoms with Crippen LogP contribution in [0.1, 0.15) is 38.2 Å². The highest BCUT2D eigenvalue weighted by atomic mass is 16.5. The quantitative estimate of drug-likeness (QED) is 0.581. The fraction of sp³-hybridized carbons (Fsp3) is 0.611. The van der Waals surface area contributed by atoms with E-state index >= 15 is 0 Å². The van der Waals surface area contributed by atoms with Crippen LogP contribution in [0.2, 0.25) is 0 Å². The van der Waals surface area contributed by atoms with Crippen LogP contribution in [0.4, 0.5) is 4.79 Å². The lowest BCUT2D eigenvalue weighted by molar-refractivity contribution is 0.129. The summed E-state index contributed by atoms with van der Waals surface area (Å²) in [6, 6.07) is 7.79. The van der Waals surface area contributed by atoms with Gasteiger partial charge in [0.25, 0.3) is 0 Å². The van der Waals surface area contributed by atoms with Gasteiger partial charge < -0.3 is 20.1 Å². The number of nitrogens with one attached hydrogen (secondary N) is 2. The van der Waals surface area contributed by atoms with E-state index in [1.807, 2.05) is 31.2 Å². The molecule has 0 aliphatic heterocycles. The topological polar surface area (TPSA) is 59.6 Å². The predicted octanol–water partition coefficient (Wildman–Crippen LogP) is 3.27. The number of amides is 2. The van der Waals surface area contributed by atoms with Crippen molar-refractivity contribution in [3.05, 3.63) is 29.8 Å². The lowest BCUT2D eigenvalue weighted by Gasteiger charge is -2.10. The number of unbranched alkanes of at least 4 members (excludes halogenated alkanes) is 1.